The Hall–Kier alpha value is -2.63. The van der Waals surface area contributed by atoms with Gasteiger partial charge in [-0.25, -0.2) is 0 Å². The van der Waals surface area contributed by atoms with E-state index in [1.54, 1.807) is 0 Å². The summed E-state index contributed by atoms with van der Waals surface area (Å²) in [5, 5.41) is 0. The average molecular weight is 1120 g/mol. The van der Waals surface area contributed by atoms with Gasteiger partial charge >= 0.3 is 17.9 Å². The first-order chi connectivity index (χ1) is 39.5. The first kappa shape index (κ1) is 77.4. The molecule has 0 rings (SSSR count). The van der Waals surface area contributed by atoms with E-state index in [1.807, 2.05) is 0 Å². The molecule has 0 aliphatic carbocycles. The average Bonchev–Trinajstić information content (AvgIpc) is 3.46. The van der Waals surface area contributed by atoms with Crippen molar-refractivity contribution in [1.82, 2.24) is 0 Å². The van der Waals surface area contributed by atoms with E-state index in [2.05, 4.69) is 69.4 Å². The third-order valence-electron chi connectivity index (χ3n) is 16.1. The van der Waals surface area contributed by atoms with Gasteiger partial charge in [0.1, 0.15) is 13.2 Å². The summed E-state index contributed by atoms with van der Waals surface area (Å²) < 4.78 is 17.0. The molecule has 0 amide bonds. The van der Waals surface area contributed by atoms with Crippen LogP contribution in [0.4, 0.5) is 0 Å². The van der Waals surface area contributed by atoms with Gasteiger partial charge in [0.05, 0.1) is 0 Å². The van der Waals surface area contributed by atoms with Crippen LogP contribution < -0.4 is 0 Å². The molecule has 0 fully saturated rings. The third kappa shape index (κ3) is 66.2. The molecular weight excluding hydrogens is 985 g/mol. The van der Waals surface area contributed by atoms with Gasteiger partial charge in [-0.1, -0.05) is 333 Å². The minimum atomic E-state index is -0.771. The van der Waals surface area contributed by atoms with Gasteiger partial charge in [-0.2, -0.15) is 0 Å². The second kappa shape index (κ2) is 68.9. The summed E-state index contributed by atoms with van der Waals surface area (Å²) in [4.78, 5) is 38.3. The maximum absolute atomic E-state index is 12.9. The molecular formula is C74H136O6. The molecule has 6 nitrogen and oxygen atoms in total. The van der Waals surface area contributed by atoms with Crippen molar-refractivity contribution in [2.45, 2.75) is 393 Å². The van der Waals surface area contributed by atoms with E-state index in [4.69, 9.17) is 14.2 Å². The molecule has 0 aliphatic rings. The number of esters is 3. The van der Waals surface area contributed by atoms with Crippen molar-refractivity contribution in [2.75, 3.05) is 13.2 Å². The van der Waals surface area contributed by atoms with E-state index in [-0.39, 0.29) is 31.1 Å². The number of unbranched alkanes of at least 4 members (excludes halogenated alkanes) is 47. The number of hydrogen-bond donors (Lipinski definition) is 0. The van der Waals surface area contributed by atoms with Crippen LogP contribution >= 0.6 is 0 Å². The lowest BCUT2D eigenvalue weighted by molar-refractivity contribution is -0.167. The van der Waals surface area contributed by atoms with E-state index in [0.717, 1.165) is 70.6 Å². The minimum Gasteiger partial charge on any atom is -0.462 e. The van der Waals surface area contributed by atoms with Gasteiger partial charge in [-0.3, -0.25) is 14.4 Å². The monoisotopic (exact) mass is 1120 g/mol. The standard InChI is InChI=1S/C74H136O6/c1-4-7-10-13-16-19-22-24-26-28-30-32-33-34-35-36-37-38-39-40-41-43-44-46-48-50-52-55-58-61-64-67-73(76)79-70-71(69-78-72(75)66-63-60-57-54-21-18-15-12-9-6-3)80-74(77)68-65-62-59-56-53-51-49-47-45-42-31-29-27-25-23-20-17-14-11-8-5-2/h22,24,28-31,33-34,71H,4-21,23,25-27,32,35-70H2,1-3H3/b24-22-,30-28-,31-29-,34-33-. The highest BCUT2D eigenvalue weighted by molar-refractivity contribution is 5.71. The molecule has 0 saturated heterocycles. The number of rotatable bonds is 66. The zero-order valence-electron chi connectivity index (χ0n) is 53.9. The fraction of sp³-hybridized carbons (Fsp3) is 0.851. The molecule has 80 heavy (non-hydrogen) atoms. The summed E-state index contributed by atoms with van der Waals surface area (Å²) in [5.41, 5.74) is 0. The number of carbonyl (C=O) groups is 3. The van der Waals surface area contributed by atoms with Crippen molar-refractivity contribution in [2.24, 2.45) is 0 Å². The molecule has 0 aliphatic heterocycles. The maximum Gasteiger partial charge on any atom is 0.306 e. The Bertz CT molecular complexity index is 1380. The Balaban J connectivity index is 4.12. The highest BCUT2D eigenvalue weighted by Gasteiger charge is 2.19. The molecule has 0 heterocycles. The Morgan fingerprint density at radius 1 is 0.250 bits per heavy atom. The van der Waals surface area contributed by atoms with Gasteiger partial charge in [-0.15, -0.1) is 0 Å². The van der Waals surface area contributed by atoms with Gasteiger partial charge in [0.25, 0.3) is 0 Å². The van der Waals surface area contributed by atoms with Crippen LogP contribution in [0, 0.1) is 0 Å². The van der Waals surface area contributed by atoms with Gasteiger partial charge in [0.15, 0.2) is 6.10 Å². The SMILES string of the molecule is CCCCCCC/C=C\C/C=C\C/C=C\CCCCCCCCCCCCCCCCCCC(=O)OCC(COC(=O)CCCCCCCCCCCC)OC(=O)CCCCCCCCCCC/C=C\CCCCCCCCCC. The lowest BCUT2D eigenvalue weighted by atomic mass is 10.0. The van der Waals surface area contributed by atoms with E-state index >= 15 is 0 Å². The highest BCUT2D eigenvalue weighted by Crippen LogP contribution is 2.18. The summed E-state index contributed by atoms with van der Waals surface area (Å²) in [6.07, 6.45) is 87.2. The van der Waals surface area contributed by atoms with Crippen LogP contribution in [-0.4, -0.2) is 37.2 Å². The molecule has 1 unspecified atom stereocenters. The van der Waals surface area contributed by atoms with Crippen molar-refractivity contribution in [3.63, 3.8) is 0 Å². The predicted molar refractivity (Wildman–Crippen MR) is 349 cm³/mol. The van der Waals surface area contributed by atoms with Crippen molar-refractivity contribution in [1.29, 1.82) is 0 Å². The number of ether oxygens (including phenoxy) is 3. The molecule has 1 atom stereocenters. The Morgan fingerprint density at radius 2 is 0.450 bits per heavy atom. The summed E-state index contributed by atoms with van der Waals surface area (Å²) in [6.45, 7) is 6.67. The summed E-state index contributed by atoms with van der Waals surface area (Å²) in [6, 6.07) is 0. The van der Waals surface area contributed by atoms with Crippen LogP contribution in [0.15, 0.2) is 48.6 Å². The molecule has 0 aromatic carbocycles. The first-order valence-electron chi connectivity index (χ1n) is 35.6. The molecule has 0 aromatic heterocycles. The number of carbonyl (C=O) groups excluding carboxylic acids is 3. The summed E-state index contributed by atoms with van der Waals surface area (Å²) in [7, 11) is 0. The van der Waals surface area contributed by atoms with E-state index in [0.29, 0.717) is 19.3 Å². The lowest BCUT2D eigenvalue weighted by Gasteiger charge is -2.18. The number of hydrogen-bond acceptors (Lipinski definition) is 6. The van der Waals surface area contributed by atoms with Crippen LogP contribution in [0.2, 0.25) is 0 Å². The van der Waals surface area contributed by atoms with Gasteiger partial charge in [-0.05, 0) is 83.5 Å². The van der Waals surface area contributed by atoms with Crippen LogP contribution in [0.3, 0.4) is 0 Å². The number of allylic oxidation sites excluding steroid dienone is 8. The molecule has 0 bridgehead atoms. The van der Waals surface area contributed by atoms with Gasteiger partial charge < -0.3 is 14.2 Å². The second-order valence-electron chi connectivity index (χ2n) is 24.1. The summed E-state index contributed by atoms with van der Waals surface area (Å²) in [5.74, 6) is -0.848. The van der Waals surface area contributed by atoms with E-state index in [1.165, 1.54) is 276 Å². The molecule has 6 heteroatoms. The predicted octanol–water partition coefficient (Wildman–Crippen LogP) is 24.5. The minimum absolute atomic E-state index is 0.0687. The maximum atomic E-state index is 12.9. The highest BCUT2D eigenvalue weighted by atomic mass is 16.6. The Kier molecular flexibility index (Phi) is 66.6. The third-order valence-corrected chi connectivity index (χ3v) is 16.1. The van der Waals surface area contributed by atoms with Crippen molar-refractivity contribution < 1.29 is 28.6 Å². The van der Waals surface area contributed by atoms with Crippen LogP contribution in [0.1, 0.15) is 387 Å². The molecule has 0 aromatic rings. The quantitative estimate of drug-likeness (QED) is 0.0261. The zero-order chi connectivity index (χ0) is 57.8. The topological polar surface area (TPSA) is 78.9 Å². The molecule has 0 spiro atoms. The Labute approximate surface area is 498 Å². The van der Waals surface area contributed by atoms with Crippen LogP contribution in [-0.2, 0) is 28.6 Å². The second-order valence-corrected chi connectivity index (χ2v) is 24.1. The normalized spacial score (nSPS) is 12.3. The zero-order valence-corrected chi connectivity index (χ0v) is 53.9. The van der Waals surface area contributed by atoms with Gasteiger partial charge in [0.2, 0.25) is 0 Å². The van der Waals surface area contributed by atoms with Gasteiger partial charge in [0, 0.05) is 19.3 Å². The molecule has 0 N–H and O–H groups in total. The smallest absolute Gasteiger partial charge is 0.306 e. The first-order valence-corrected chi connectivity index (χ1v) is 35.6. The van der Waals surface area contributed by atoms with Crippen LogP contribution in [0.25, 0.3) is 0 Å². The Morgan fingerprint density at radius 3 is 0.713 bits per heavy atom. The van der Waals surface area contributed by atoms with E-state index < -0.39 is 6.10 Å². The van der Waals surface area contributed by atoms with Crippen molar-refractivity contribution >= 4 is 17.9 Å². The fourth-order valence-electron chi connectivity index (χ4n) is 10.7. The molecule has 0 saturated carbocycles. The molecule has 0 radical (unpaired) electrons. The summed E-state index contributed by atoms with van der Waals surface area (Å²) >= 11 is 0. The van der Waals surface area contributed by atoms with E-state index in [9.17, 15) is 14.4 Å². The fourth-order valence-corrected chi connectivity index (χ4v) is 10.7. The molecule has 468 valence electrons. The van der Waals surface area contributed by atoms with Crippen molar-refractivity contribution in [3.05, 3.63) is 48.6 Å². The lowest BCUT2D eigenvalue weighted by Crippen LogP contribution is -2.30. The largest absolute Gasteiger partial charge is 0.462 e. The van der Waals surface area contributed by atoms with Crippen molar-refractivity contribution in [3.8, 4) is 0 Å². The van der Waals surface area contributed by atoms with Crippen LogP contribution in [0.5, 0.6) is 0 Å².